The maximum atomic E-state index is 11.7. The first-order valence-corrected chi connectivity index (χ1v) is 7.77. The zero-order chi connectivity index (χ0) is 18.1. The highest BCUT2D eigenvalue weighted by atomic mass is 16.5. The number of carbonyl (C=O) groups excluding carboxylic acids is 2. The number of hydrogen-bond donors (Lipinski definition) is 4. The molecule has 0 unspecified atom stereocenters. The summed E-state index contributed by atoms with van der Waals surface area (Å²) in [4.78, 5) is 27.0. The fourth-order valence-electron chi connectivity index (χ4n) is 1.99. The number of ether oxygens (including phenoxy) is 1. The normalized spacial score (nSPS) is 15.9. The van der Waals surface area contributed by atoms with Crippen molar-refractivity contribution in [1.82, 2.24) is 10.3 Å². The average molecular weight is 340 g/mol. The molecule has 0 radical (unpaired) electrons. The molecule has 24 heavy (non-hydrogen) atoms. The molecule has 0 aromatic carbocycles. The Bertz CT molecular complexity index is 525. The minimum atomic E-state index is -1.58. The molecule has 8 heteroatoms. The van der Waals surface area contributed by atoms with Crippen LogP contribution in [-0.4, -0.2) is 63.1 Å². The summed E-state index contributed by atoms with van der Waals surface area (Å²) < 4.78 is 4.87. The molecule has 1 aromatic heterocycles. The first-order chi connectivity index (χ1) is 11.4. The predicted molar refractivity (Wildman–Crippen MR) is 85.1 cm³/mol. The van der Waals surface area contributed by atoms with Crippen LogP contribution in [0, 0.1) is 0 Å². The molecule has 0 aliphatic carbocycles. The number of nitrogens with zero attached hydrogens (tertiary/aromatic N) is 1. The van der Waals surface area contributed by atoms with E-state index in [4.69, 9.17) is 4.74 Å². The molecule has 0 bridgehead atoms. The van der Waals surface area contributed by atoms with Gasteiger partial charge < -0.3 is 25.4 Å². The molecular formula is C16H24N2O6. The number of hydrogen-bond acceptors (Lipinski definition) is 7. The summed E-state index contributed by atoms with van der Waals surface area (Å²) in [5.74, 6) is -0.957. The molecule has 1 amide bonds. The van der Waals surface area contributed by atoms with Gasteiger partial charge in [-0.1, -0.05) is 6.92 Å². The second-order valence-electron chi connectivity index (χ2n) is 5.49. The maximum absolute atomic E-state index is 11.7. The van der Waals surface area contributed by atoms with Crippen LogP contribution in [0.25, 0.3) is 0 Å². The number of aliphatic hydroxyl groups is 3. The fourth-order valence-corrected chi connectivity index (χ4v) is 1.99. The van der Waals surface area contributed by atoms with E-state index in [0.29, 0.717) is 12.8 Å². The number of pyridine rings is 1. The lowest BCUT2D eigenvalue weighted by Gasteiger charge is -2.27. The van der Waals surface area contributed by atoms with E-state index >= 15 is 0 Å². The van der Waals surface area contributed by atoms with Crippen molar-refractivity contribution in [3.8, 4) is 0 Å². The van der Waals surface area contributed by atoms with Gasteiger partial charge in [0, 0.05) is 18.8 Å². The van der Waals surface area contributed by atoms with Gasteiger partial charge in [-0.3, -0.25) is 9.78 Å². The van der Waals surface area contributed by atoms with E-state index in [2.05, 4.69) is 10.3 Å². The summed E-state index contributed by atoms with van der Waals surface area (Å²) in [6.45, 7) is 2.85. The van der Waals surface area contributed by atoms with Crippen LogP contribution in [0.15, 0.2) is 24.5 Å². The number of aromatic nitrogens is 1. The monoisotopic (exact) mass is 340 g/mol. The second kappa shape index (κ2) is 9.96. The lowest BCUT2D eigenvalue weighted by atomic mass is 10.0. The van der Waals surface area contributed by atoms with Crippen LogP contribution < -0.4 is 5.32 Å². The van der Waals surface area contributed by atoms with Gasteiger partial charge >= 0.3 is 5.97 Å². The van der Waals surface area contributed by atoms with E-state index in [-0.39, 0.29) is 11.5 Å². The van der Waals surface area contributed by atoms with Gasteiger partial charge in [-0.2, -0.15) is 0 Å². The molecule has 1 rings (SSSR count). The second-order valence-corrected chi connectivity index (χ2v) is 5.49. The minimum Gasteiger partial charge on any atom is -0.459 e. The van der Waals surface area contributed by atoms with Gasteiger partial charge in [0.05, 0.1) is 11.6 Å². The molecule has 8 nitrogen and oxygen atoms in total. The van der Waals surface area contributed by atoms with Gasteiger partial charge in [0.15, 0.2) is 0 Å². The topological polar surface area (TPSA) is 129 Å². The first-order valence-electron chi connectivity index (χ1n) is 7.77. The molecule has 1 heterocycles. The van der Waals surface area contributed by atoms with Crippen molar-refractivity contribution in [2.45, 2.75) is 51.0 Å². The van der Waals surface area contributed by atoms with E-state index in [1.165, 1.54) is 25.4 Å². The molecule has 4 N–H and O–H groups in total. The van der Waals surface area contributed by atoms with Crippen molar-refractivity contribution >= 4 is 11.9 Å². The van der Waals surface area contributed by atoms with Crippen molar-refractivity contribution in [2.24, 2.45) is 0 Å². The molecule has 4 atom stereocenters. The predicted octanol–water partition coefficient (Wildman–Crippen LogP) is -0.374. The summed E-state index contributed by atoms with van der Waals surface area (Å²) in [7, 11) is 0. The lowest BCUT2D eigenvalue weighted by molar-refractivity contribution is -0.125. The van der Waals surface area contributed by atoms with Gasteiger partial charge in [0.1, 0.15) is 24.9 Å². The van der Waals surface area contributed by atoms with E-state index in [1.807, 2.05) is 6.92 Å². The highest BCUT2D eigenvalue weighted by molar-refractivity contribution is 5.88. The fraction of sp³-hybridized carbons (Fsp3) is 0.562. The van der Waals surface area contributed by atoms with Gasteiger partial charge in [0.2, 0.25) is 5.91 Å². The molecule has 0 spiro atoms. The maximum Gasteiger partial charge on any atom is 0.339 e. The van der Waals surface area contributed by atoms with Crippen LogP contribution in [0.4, 0.5) is 0 Å². The van der Waals surface area contributed by atoms with Crippen LogP contribution in [-0.2, 0) is 9.53 Å². The number of carbonyl (C=O) groups is 2. The van der Waals surface area contributed by atoms with E-state index in [0.717, 1.165) is 0 Å². The quantitative estimate of drug-likeness (QED) is 0.451. The van der Waals surface area contributed by atoms with Gasteiger partial charge in [-0.25, -0.2) is 4.79 Å². The molecule has 0 fully saturated rings. The molecule has 1 aromatic rings. The molecule has 0 aliphatic rings. The summed E-state index contributed by atoms with van der Waals surface area (Å²) in [6, 6.07) is 2.30. The van der Waals surface area contributed by atoms with Gasteiger partial charge in [0.25, 0.3) is 0 Å². The van der Waals surface area contributed by atoms with Crippen LogP contribution >= 0.6 is 0 Å². The van der Waals surface area contributed by atoms with Crippen LogP contribution in [0.2, 0.25) is 0 Å². The zero-order valence-electron chi connectivity index (χ0n) is 13.8. The number of rotatable bonds is 9. The van der Waals surface area contributed by atoms with Crippen molar-refractivity contribution < 1.29 is 29.6 Å². The molecule has 0 saturated heterocycles. The first kappa shape index (κ1) is 20.0. The van der Waals surface area contributed by atoms with E-state index < -0.39 is 36.9 Å². The van der Waals surface area contributed by atoms with E-state index in [1.54, 1.807) is 6.07 Å². The third kappa shape index (κ3) is 6.23. The van der Waals surface area contributed by atoms with Crippen LogP contribution in [0.1, 0.15) is 37.0 Å². The third-order valence-corrected chi connectivity index (χ3v) is 3.40. The number of esters is 1. The Hall–Kier alpha value is -2.03. The SMILES string of the molecule is CCCC(=O)N[C@@H](C)[C@@H](O)[C@H](O)[C@H](O)COC(=O)c1cccnc1. The summed E-state index contributed by atoms with van der Waals surface area (Å²) in [6.07, 6.45) is -0.707. The summed E-state index contributed by atoms with van der Waals surface area (Å²) >= 11 is 0. The van der Waals surface area contributed by atoms with Crippen molar-refractivity contribution in [2.75, 3.05) is 6.61 Å². The van der Waals surface area contributed by atoms with Crippen LogP contribution in [0.5, 0.6) is 0 Å². The molecule has 0 saturated carbocycles. The number of aliphatic hydroxyl groups excluding tert-OH is 3. The standard InChI is InChI=1S/C16H24N2O6/c1-3-5-13(20)18-10(2)14(21)15(22)12(19)9-24-16(23)11-6-4-7-17-8-11/h4,6-8,10,12,14-15,19,21-22H,3,5,9H2,1-2H3,(H,18,20)/t10-,12+,14+,15+/m0/s1. The summed E-state index contributed by atoms with van der Waals surface area (Å²) in [5, 5.41) is 32.3. The van der Waals surface area contributed by atoms with Crippen molar-refractivity contribution in [3.05, 3.63) is 30.1 Å². The molecule has 134 valence electrons. The van der Waals surface area contributed by atoms with Gasteiger partial charge in [-0.15, -0.1) is 0 Å². The third-order valence-electron chi connectivity index (χ3n) is 3.40. The van der Waals surface area contributed by atoms with Crippen molar-refractivity contribution in [1.29, 1.82) is 0 Å². The lowest BCUT2D eigenvalue weighted by Crippen LogP contribution is -2.51. The zero-order valence-corrected chi connectivity index (χ0v) is 13.8. The highest BCUT2D eigenvalue weighted by Crippen LogP contribution is 2.08. The Kier molecular flexibility index (Phi) is 8.31. The highest BCUT2D eigenvalue weighted by Gasteiger charge is 2.30. The smallest absolute Gasteiger partial charge is 0.339 e. The number of amides is 1. The average Bonchev–Trinajstić information content (AvgIpc) is 2.58. The Morgan fingerprint density at radius 2 is 2.00 bits per heavy atom. The van der Waals surface area contributed by atoms with E-state index in [9.17, 15) is 24.9 Å². The Morgan fingerprint density at radius 3 is 2.58 bits per heavy atom. The minimum absolute atomic E-state index is 0.208. The molecular weight excluding hydrogens is 316 g/mol. The Morgan fingerprint density at radius 1 is 1.29 bits per heavy atom. The van der Waals surface area contributed by atoms with Crippen molar-refractivity contribution in [3.63, 3.8) is 0 Å². The summed E-state index contributed by atoms with van der Waals surface area (Å²) in [5.41, 5.74) is 0.208. The number of nitrogens with one attached hydrogen (secondary N) is 1. The molecule has 0 aliphatic heterocycles. The van der Waals surface area contributed by atoms with Crippen LogP contribution in [0.3, 0.4) is 0 Å². The Labute approximate surface area is 140 Å². The largest absolute Gasteiger partial charge is 0.459 e. The Balaban J connectivity index is 2.46. The van der Waals surface area contributed by atoms with Gasteiger partial charge in [-0.05, 0) is 25.5 Å².